The number of nitrogens with zero attached hydrogens (tertiary/aromatic N) is 1. The van der Waals surface area contributed by atoms with Crippen LogP contribution in [0.4, 0.5) is 0 Å². The van der Waals surface area contributed by atoms with Crippen LogP contribution in [0.2, 0.25) is 0 Å². The number of sulfonamides is 1. The van der Waals surface area contributed by atoms with E-state index in [2.05, 4.69) is 9.71 Å². The van der Waals surface area contributed by atoms with Crippen LogP contribution >= 0.6 is 0 Å². The second-order valence-corrected chi connectivity index (χ2v) is 6.91. The van der Waals surface area contributed by atoms with Crippen molar-refractivity contribution < 1.29 is 12.8 Å². The lowest BCUT2D eigenvalue weighted by Gasteiger charge is -2.08. The summed E-state index contributed by atoms with van der Waals surface area (Å²) in [6.45, 7) is 4.01. The van der Waals surface area contributed by atoms with E-state index in [0.29, 0.717) is 0 Å². The minimum Gasteiger partial charge on any atom is -0.472 e. The van der Waals surface area contributed by atoms with Gasteiger partial charge in [0.15, 0.2) is 0 Å². The third kappa shape index (κ3) is 4.18. The molecule has 2 heterocycles. The molecule has 0 fully saturated rings. The Morgan fingerprint density at radius 1 is 1.30 bits per heavy atom. The number of nitrogens with one attached hydrogen (secondary N) is 1. The van der Waals surface area contributed by atoms with E-state index < -0.39 is 10.0 Å². The molecule has 2 rings (SSSR count). The minimum atomic E-state index is -3.23. The van der Waals surface area contributed by atoms with E-state index in [1.165, 1.54) is 0 Å². The van der Waals surface area contributed by atoms with Crippen LogP contribution in [0.15, 0.2) is 41.3 Å². The summed E-state index contributed by atoms with van der Waals surface area (Å²) in [6.07, 6.45) is 4.87. The van der Waals surface area contributed by atoms with Gasteiger partial charge in [-0.25, -0.2) is 13.1 Å². The molecular weight excluding hydrogens is 276 g/mol. The zero-order valence-corrected chi connectivity index (χ0v) is 12.4. The first kappa shape index (κ1) is 14.7. The van der Waals surface area contributed by atoms with Crippen molar-refractivity contribution in [3.05, 3.63) is 42.5 Å². The van der Waals surface area contributed by atoms with Crippen LogP contribution in [0, 0.1) is 5.92 Å². The number of furan rings is 1. The molecular formula is C14H18N2O3S. The summed E-state index contributed by atoms with van der Waals surface area (Å²) in [5.74, 6) is 0.238. The van der Waals surface area contributed by atoms with E-state index in [4.69, 9.17) is 4.42 Å². The maximum Gasteiger partial charge on any atom is 0.212 e. The van der Waals surface area contributed by atoms with E-state index in [1.807, 2.05) is 32.0 Å². The third-order valence-corrected chi connectivity index (χ3v) is 4.38. The molecule has 2 aromatic heterocycles. The smallest absolute Gasteiger partial charge is 0.212 e. The second kappa shape index (κ2) is 6.19. The monoisotopic (exact) mass is 294 g/mol. The van der Waals surface area contributed by atoms with E-state index in [0.717, 1.165) is 16.8 Å². The molecule has 0 amide bonds. The lowest BCUT2D eigenvalue weighted by Crippen LogP contribution is -2.28. The van der Waals surface area contributed by atoms with Gasteiger partial charge in [-0.05, 0) is 23.6 Å². The summed E-state index contributed by atoms with van der Waals surface area (Å²) in [7, 11) is -3.23. The van der Waals surface area contributed by atoms with E-state index in [-0.39, 0.29) is 18.2 Å². The highest BCUT2D eigenvalue weighted by atomic mass is 32.2. The van der Waals surface area contributed by atoms with Crippen molar-refractivity contribution in [3.8, 4) is 11.3 Å². The Hall–Kier alpha value is -1.66. The predicted molar refractivity (Wildman–Crippen MR) is 77.4 cm³/mol. The first-order valence-electron chi connectivity index (χ1n) is 6.41. The van der Waals surface area contributed by atoms with Gasteiger partial charge >= 0.3 is 0 Å². The van der Waals surface area contributed by atoms with Crippen molar-refractivity contribution in [1.82, 2.24) is 9.71 Å². The largest absolute Gasteiger partial charge is 0.472 e. The zero-order valence-electron chi connectivity index (χ0n) is 11.5. The fourth-order valence-electron chi connectivity index (χ4n) is 1.80. The first-order valence-corrected chi connectivity index (χ1v) is 8.06. The highest BCUT2D eigenvalue weighted by Crippen LogP contribution is 2.17. The Kier molecular flexibility index (Phi) is 4.57. The fourth-order valence-corrected chi connectivity index (χ4v) is 3.18. The molecule has 0 spiro atoms. The van der Waals surface area contributed by atoms with Crippen LogP contribution in [-0.4, -0.2) is 19.2 Å². The van der Waals surface area contributed by atoms with Gasteiger partial charge in [0.2, 0.25) is 10.0 Å². The van der Waals surface area contributed by atoms with Crippen LogP contribution in [0.5, 0.6) is 0 Å². The van der Waals surface area contributed by atoms with E-state index >= 15 is 0 Å². The van der Waals surface area contributed by atoms with Crippen LogP contribution in [0.25, 0.3) is 11.3 Å². The third-order valence-electron chi connectivity index (χ3n) is 2.69. The summed E-state index contributed by atoms with van der Waals surface area (Å²) in [6, 6.07) is 5.53. The quantitative estimate of drug-likeness (QED) is 0.888. The topological polar surface area (TPSA) is 72.2 Å². The van der Waals surface area contributed by atoms with Gasteiger partial charge < -0.3 is 4.42 Å². The molecule has 6 heteroatoms. The van der Waals surface area contributed by atoms with Crippen LogP contribution in [0.1, 0.15) is 19.4 Å². The lowest BCUT2D eigenvalue weighted by atomic mass is 10.2. The van der Waals surface area contributed by atoms with Crippen molar-refractivity contribution in [1.29, 1.82) is 0 Å². The molecule has 1 N–H and O–H groups in total. The maximum atomic E-state index is 11.7. The number of pyridine rings is 1. The Morgan fingerprint density at radius 3 is 2.65 bits per heavy atom. The Bertz CT molecular complexity index is 632. The predicted octanol–water partition coefficient (Wildman–Crippen LogP) is 2.42. The van der Waals surface area contributed by atoms with Crippen molar-refractivity contribution >= 4 is 10.0 Å². The van der Waals surface area contributed by atoms with Crippen LogP contribution in [0.3, 0.4) is 0 Å². The van der Waals surface area contributed by atoms with Gasteiger partial charge in [-0.15, -0.1) is 0 Å². The molecule has 0 aliphatic rings. The van der Waals surface area contributed by atoms with Gasteiger partial charge in [-0.3, -0.25) is 4.98 Å². The highest BCUT2D eigenvalue weighted by Gasteiger charge is 2.12. The highest BCUT2D eigenvalue weighted by molar-refractivity contribution is 7.89. The van der Waals surface area contributed by atoms with Crippen molar-refractivity contribution in [2.45, 2.75) is 20.4 Å². The number of hydrogen-bond acceptors (Lipinski definition) is 4. The average Bonchev–Trinajstić information content (AvgIpc) is 2.89. The summed E-state index contributed by atoms with van der Waals surface area (Å²) in [4.78, 5) is 4.29. The van der Waals surface area contributed by atoms with Crippen molar-refractivity contribution in [3.63, 3.8) is 0 Å². The molecule has 0 aromatic carbocycles. The Morgan fingerprint density at radius 2 is 2.10 bits per heavy atom. The molecule has 0 atom stereocenters. The Balaban J connectivity index is 1.98. The zero-order chi connectivity index (χ0) is 14.6. The molecule has 5 nitrogen and oxygen atoms in total. The van der Waals surface area contributed by atoms with Crippen LogP contribution < -0.4 is 4.72 Å². The number of rotatable bonds is 6. The molecule has 0 aliphatic carbocycles. The fraction of sp³-hybridized carbons (Fsp3) is 0.357. The second-order valence-electron chi connectivity index (χ2n) is 5.06. The number of hydrogen-bond donors (Lipinski definition) is 1. The summed E-state index contributed by atoms with van der Waals surface area (Å²) in [5, 5.41) is 0. The van der Waals surface area contributed by atoms with Gasteiger partial charge in [0, 0.05) is 18.3 Å². The van der Waals surface area contributed by atoms with Gasteiger partial charge in [0.25, 0.3) is 0 Å². The van der Waals surface area contributed by atoms with Crippen molar-refractivity contribution in [2.75, 3.05) is 5.75 Å². The van der Waals surface area contributed by atoms with Gasteiger partial charge in [-0.1, -0.05) is 19.9 Å². The molecule has 20 heavy (non-hydrogen) atoms. The minimum absolute atomic E-state index is 0.106. The van der Waals surface area contributed by atoms with Gasteiger partial charge in [-0.2, -0.15) is 0 Å². The van der Waals surface area contributed by atoms with Crippen molar-refractivity contribution in [2.24, 2.45) is 5.92 Å². The summed E-state index contributed by atoms with van der Waals surface area (Å²) >= 11 is 0. The molecule has 0 saturated heterocycles. The molecule has 108 valence electrons. The first-order chi connectivity index (χ1) is 9.46. The van der Waals surface area contributed by atoms with Gasteiger partial charge in [0.1, 0.15) is 0 Å². The Labute approximate surface area is 119 Å². The molecule has 0 aliphatic heterocycles. The molecule has 0 unspecified atom stereocenters. The summed E-state index contributed by atoms with van der Waals surface area (Å²) in [5.41, 5.74) is 2.52. The maximum absolute atomic E-state index is 11.7. The normalized spacial score (nSPS) is 11.9. The van der Waals surface area contributed by atoms with E-state index in [1.54, 1.807) is 18.7 Å². The standard InChI is InChI=1S/C14H18N2O3S/c1-11(2)10-20(17,18)16-8-12-3-4-14(15-7-12)13-5-6-19-9-13/h3-7,9,11,16H,8,10H2,1-2H3. The lowest BCUT2D eigenvalue weighted by molar-refractivity contribution is 0.567. The molecule has 2 aromatic rings. The number of aromatic nitrogens is 1. The van der Waals surface area contributed by atoms with Gasteiger partial charge in [0.05, 0.1) is 24.0 Å². The molecule has 0 saturated carbocycles. The SMILES string of the molecule is CC(C)CS(=O)(=O)NCc1ccc(-c2ccoc2)nc1. The average molecular weight is 294 g/mol. The van der Waals surface area contributed by atoms with E-state index in [9.17, 15) is 8.42 Å². The molecule has 0 radical (unpaired) electrons. The van der Waals surface area contributed by atoms with Crippen LogP contribution in [-0.2, 0) is 16.6 Å². The molecule has 0 bridgehead atoms. The summed E-state index contributed by atoms with van der Waals surface area (Å²) < 4.78 is 31.0.